The predicted molar refractivity (Wildman–Crippen MR) is 81.7 cm³/mol. The van der Waals surface area contributed by atoms with E-state index in [-0.39, 0.29) is 11.9 Å². The van der Waals surface area contributed by atoms with E-state index in [1.165, 1.54) is 0 Å². The van der Waals surface area contributed by atoms with E-state index < -0.39 is 0 Å². The maximum atomic E-state index is 12.2. The molecule has 1 heterocycles. The van der Waals surface area contributed by atoms with Crippen LogP contribution in [0.2, 0.25) is 0 Å². The highest BCUT2D eigenvalue weighted by atomic mass is 16.5. The fourth-order valence-corrected chi connectivity index (χ4v) is 2.38. The minimum Gasteiger partial charge on any atom is -0.491 e. The molecule has 2 unspecified atom stereocenters. The molecule has 21 heavy (non-hydrogen) atoms. The number of nitrogens with one attached hydrogen (secondary N) is 2. The van der Waals surface area contributed by atoms with Gasteiger partial charge in [-0.2, -0.15) is 0 Å². The zero-order chi connectivity index (χ0) is 15.1. The van der Waals surface area contributed by atoms with Gasteiger partial charge in [0.15, 0.2) is 0 Å². The molecule has 1 amide bonds. The van der Waals surface area contributed by atoms with Crippen molar-refractivity contribution in [1.82, 2.24) is 10.6 Å². The maximum Gasteiger partial charge on any atom is 0.251 e. The average Bonchev–Trinajstić information content (AvgIpc) is 2.50. The number of rotatable bonds is 6. The van der Waals surface area contributed by atoms with Gasteiger partial charge in [0.05, 0.1) is 6.61 Å². The average molecular weight is 292 g/mol. The lowest BCUT2D eigenvalue weighted by Crippen LogP contribution is -2.50. The monoisotopic (exact) mass is 292 g/mol. The number of benzene rings is 1. The van der Waals surface area contributed by atoms with Crippen LogP contribution in [0.3, 0.4) is 0 Å². The van der Waals surface area contributed by atoms with E-state index in [1.54, 1.807) is 19.2 Å². The summed E-state index contributed by atoms with van der Waals surface area (Å²) in [5, 5.41) is 6.41. The van der Waals surface area contributed by atoms with Crippen LogP contribution in [-0.4, -0.2) is 45.4 Å². The summed E-state index contributed by atoms with van der Waals surface area (Å²) < 4.78 is 10.4. The second-order valence-electron chi connectivity index (χ2n) is 5.42. The topological polar surface area (TPSA) is 59.6 Å². The number of hydrogen-bond donors (Lipinski definition) is 2. The minimum atomic E-state index is -0.0287. The van der Waals surface area contributed by atoms with Crippen molar-refractivity contribution in [3.05, 3.63) is 29.8 Å². The molecule has 5 heteroatoms. The van der Waals surface area contributed by atoms with Gasteiger partial charge in [-0.3, -0.25) is 4.79 Å². The van der Waals surface area contributed by atoms with Crippen LogP contribution in [0.4, 0.5) is 0 Å². The first-order valence-electron chi connectivity index (χ1n) is 7.44. The number of carbonyl (C=O) groups is 1. The lowest BCUT2D eigenvalue weighted by atomic mass is 9.94. The van der Waals surface area contributed by atoms with Gasteiger partial charge in [-0.1, -0.05) is 6.92 Å². The first-order valence-corrected chi connectivity index (χ1v) is 7.44. The van der Waals surface area contributed by atoms with Crippen molar-refractivity contribution in [2.45, 2.75) is 19.4 Å². The van der Waals surface area contributed by atoms with Gasteiger partial charge >= 0.3 is 0 Å². The Hall–Kier alpha value is -1.59. The van der Waals surface area contributed by atoms with E-state index in [2.05, 4.69) is 17.6 Å². The van der Waals surface area contributed by atoms with Gasteiger partial charge in [0, 0.05) is 25.3 Å². The maximum absolute atomic E-state index is 12.2. The summed E-state index contributed by atoms with van der Waals surface area (Å²) in [5.41, 5.74) is 0.659. The highest BCUT2D eigenvalue weighted by Crippen LogP contribution is 2.14. The van der Waals surface area contributed by atoms with Crippen LogP contribution >= 0.6 is 0 Å². The summed E-state index contributed by atoms with van der Waals surface area (Å²) in [6, 6.07) is 7.40. The number of methoxy groups -OCH3 is 1. The third kappa shape index (κ3) is 4.72. The Labute approximate surface area is 126 Å². The molecule has 1 fully saturated rings. The van der Waals surface area contributed by atoms with Gasteiger partial charge in [0.1, 0.15) is 12.4 Å². The van der Waals surface area contributed by atoms with Crippen LogP contribution in [0.5, 0.6) is 5.75 Å². The first kappa shape index (κ1) is 15.8. The van der Waals surface area contributed by atoms with E-state index >= 15 is 0 Å². The van der Waals surface area contributed by atoms with E-state index in [0.29, 0.717) is 24.7 Å². The highest BCUT2D eigenvalue weighted by Gasteiger charge is 2.22. The third-order valence-electron chi connectivity index (χ3n) is 3.82. The molecule has 0 spiro atoms. The molecule has 1 aromatic carbocycles. The van der Waals surface area contributed by atoms with Gasteiger partial charge < -0.3 is 20.1 Å². The number of ether oxygens (including phenoxy) is 2. The standard InChI is InChI=1S/C16H24N2O3/c1-12-7-8-17-11-15(12)18-16(19)13-3-5-14(6-4-13)21-10-9-20-2/h3-6,12,15,17H,7-11H2,1-2H3,(H,18,19). The molecule has 116 valence electrons. The van der Waals surface area contributed by atoms with Crippen LogP contribution in [0.1, 0.15) is 23.7 Å². The molecule has 1 aliphatic rings. The quantitative estimate of drug-likeness (QED) is 0.779. The second-order valence-corrected chi connectivity index (χ2v) is 5.42. The van der Waals surface area contributed by atoms with Gasteiger partial charge in [-0.25, -0.2) is 0 Å². The minimum absolute atomic E-state index is 0.0287. The van der Waals surface area contributed by atoms with Crippen molar-refractivity contribution in [2.24, 2.45) is 5.92 Å². The van der Waals surface area contributed by atoms with Crippen LogP contribution in [0.15, 0.2) is 24.3 Å². The Bertz CT molecular complexity index is 447. The van der Waals surface area contributed by atoms with Crippen molar-refractivity contribution < 1.29 is 14.3 Å². The van der Waals surface area contributed by atoms with E-state index in [4.69, 9.17) is 9.47 Å². The SMILES string of the molecule is COCCOc1ccc(C(=O)NC2CNCCC2C)cc1. The smallest absolute Gasteiger partial charge is 0.251 e. The molecule has 0 aliphatic carbocycles. The largest absolute Gasteiger partial charge is 0.491 e. The fourth-order valence-electron chi connectivity index (χ4n) is 2.38. The highest BCUT2D eigenvalue weighted by molar-refractivity contribution is 5.94. The van der Waals surface area contributed by atoms with Crippen LogP contribution in [0, 0.1) is 5.92 Å². The Morgan fingerprint density at radius 3 is 2.76 bits per heavy atom. The summed E-state index contributed by atoms with van der Waals surface area (Å²) in [6.07, 6.45) is 1.09. The molecular formula is C16H24N2O3. The summed E-state index contributed by atoms with van der Waals surface area (Å²) in [6.45, 7) is 5.10. The lowest BCUT2D eigenvalue weighted by Gasteiger charge is -2.30. The van der Waals surface area contributed by atoms with Crippen molar-refractivity contribution in [3.63, 3.8) is 0 Å². The molecule has 1 aliphatic heterocycles. The molecule has 0 bridgehead atoms. The molecule has 2 atom stereocenters. The Morgan fingerprint density at radius 1 is 1.33 bits per heavy atom. The van der Waals surface area contributed by atoms with E-state index in [1.807, 2.05) is 12.1 Å². The zero-order valence-electron chi connectivity index (χ0n) is 12.7. The molecule has 1 aromatic rings. The molecule has 1 saturated heterocycles. The lowest BCUT2D eigenvalue weighted by molar-refractivity contribution is 0.0915. The summed E-state index contributed by atoms with van der Waals surface area (Å²) >= 11 is 0. The molecular weight excluding hydrogens is 268 g/mol. The van der Waals surface area contributed by atoms with Gasteiger partial charge in [-0.15, -0.1) is 0 Å². The Balaban J connectivity index is 1.87. The number of hydrogen-bond acceptors (Lipinski definition) is 4. The summed E-state index contributed by atoms with van der Waals surface area (Å²) in [7, 11) is 1.64. The van der Waals surface area contributed by atoms with Crippen LogP contribution < -0.4 is 15.4 Å². The molecule has 0 aromatic heterocycles. The number of piperidine rings is 1. The Kier molecular flexibility index (Phi) is 6.02. The Morgan fingerprint density at radius 2 is 2.10 bits per heavy atom. The summed E-state index contributed by atoms with van der Waals surface area (Å²) in [4.78, 5) is 12.2. The third-order valence-corrected chi connectivity index (χ3v) is 3.82. The van der Waals surface area contributed by atoms with Crippen LogP contribution in [-0.2, 0) is 4.74 Å². The van der Waals surface area contributed by atoms with Crippen molar-refractivity contribution in [2.75, 3.05) is 33.4 Å². The van der Waals surface area contributed by atoms with Crippen molar-refractivity contribution in [3.8, 4) is 5.75 Å². The number of carbonyl (C=O) groups excluding carboxylic acids is 1. The van der Waals surface area contributed by atoms with Crippen molar-refractivity contribution >= 4 is 5.91 Å². The molecule has 5 nitrogen and oxygen atoms in total. The van der Waals surface area contributed by atoms with E-state index in [9.17, 15) is 4.79 Å². The van der Waals surface area contributed by atoms with Gasteiger partial charge in [-0.05, 0) is 43.1 Å². The van der Waals surface area contributed by atoms with Crippen LogP contribution in [0.25, 0.3) is 0 Å². The molecule has 2 N–H and O–H groups in total. The normalized spacial score (nSPS) is 21.8. The zero-order valence-corrected chi connectivity index (χ0v) is 12.7. The van der Waals surface area contributed by atoms with Gasteiger partial charge in [0.25, 0.3) is 5.91 Å². The fraction of sp³-hybridized carbons (Fsp3) is 0.562. The van der Waals surface area contributed by atoms with E-state index in [0.717, 1.165) is 25.3 Å². The molecule has 2 rings (SSSR count). The number of amides is 1. The van der Waals surface area contributed by atoms with Crippen molar-refractivity contribution in [1.29, 1.82) is 0 Å². The molecule has 0 saturated carbocycles. The molecule has 0 radical (unpaired) electrons. The second kappa shape index (κ2) is 8.00. The van der Waals surface area contributed by atoms with Gasteiger partial charge in [0.2, 0.25) is 0 Å². The predicted octanol–water partition coefficient (Wildman–Crippen LogP) is 1.44. The first-order chi connectivity index (χ1) is 10.2. The summed E-state index contributed by atoms with van der Waals surface area (Å²) in [5.74, 6) is 1.22.